The average Bonchev–Trinajstić information content (AvgIpc) is 2.31. The Morgan fingerprint density at radius 3 is 3.00 bits per heavy atom. The molecule has 2 atom stereocenters. The van der Waals surface area contributed by atoms with Crippen molar-refractivity contribution < 1.29 is 9.47 Å². The lowest BCUT2D eigenvalue weighted by Crippen LogP contribution is -2.20. The average molecular weight is 143 g/mol. The zero-order valence-corrected chi connectivity index (χ0v) is 5.95. The van der Waals surface area contributed by atoms with Crippen LogP contribution in [0.3, 0.4) is 0 Å². The molecule has 0 aromatic heterocycles. The van der Waals surface area contributed by atoms with Gasteiger partial charge in [0.25, 0.3) is 0 Å². The molecule has 0 radical (unpaired) electrons. The maximum atomic E-state index is 5.33. The predicted molar refractivity (Wildman–Crippen MR) is 38.2 cm³/mol. The van der Waals surface area contributed by atoms with Crippen LogP contribution in [0.5, 0.6) is 0 Å². The summed E-state index contributed by atoms with van der Waals surface area (Å²) in [5, 5.41) is 0. The van der Waals surface area contributed by atoms with Crippen LogP contribution in [0, 0.1) is 0 Å². The SMILES string of the molecule is C=CCCC1COC(N)O1. The molecular weight excluding hydrogens is 130 g/mol. The zero-order valence-electron chi connectivity index (χ0n) is 5.95. The highest BCUT2D eigenvalue weighted by molar-refractivity contribution is 4.71. The maximum absolute atomic E-state index is 5.33. The smallest absolute Gasteiger partial charge is 0.213 e. The fourth-order valence-electron chi connectivity index (χ4n) is 0.926. The topological polar surface area (TPSA) is 44.5 Å². The summed E-state index contributed by atoms with van der Waals surface area (Å²) >= 11 is 0. The van der Waals surface area contributed by atoms with Gasteiger partial charge < -0.3 is 9.47 Å². The van der Waals surface area contributed by atoms with E-state index >= 15 is 0 Å². The van der Waals surface area contributed by atoms with Crippen molar-refractivity contribution in [1.29, 1.82) is 0 Å². The second-order valence-electron chi connectivity index (χ2n) is 2.33. The fourth-order valence-corrected chi connectivity index (χ4v) is 0.926. The fraction of sp³-hybridized carbons (Fsp3) is 0.714. The Hall–Kier alpha value is -0.380. The van der Waals surface area contributed by atoms with Crippen molar-refractivity contribution in [3.8, 4) is 0 Å². The first kappa shape index (κ1) is 7.72. The Morgan fingerprint density at radius 1 is 1.70 bits per heavy atom. The molecule has 1 rings (SSSR count). The first-order valence-corrected chi connectivity index (χ1v) is 3.46. The molecule has 0 spiro atoms. The third-order valence-electron chi connectivity index (χ3n) is 1.47. The van der Waals surface area contributed by atoms with Crippen LogP contribution < -0.4 is 5.73 Å². The highest BCUT2D eigenvalue weighted by Crippen LogP contribution is 2.12. The van der Waals surface area contributed by atoms with E-state index in [1.807, 2.05) is 6.08 Å². The second kappa shape index (κ2) is 3.71. The molecule has 58 valence electrons. The van der Waals surface area contributed by atoms with Crippen molar-refractivity contribution in [2.75, 3.05) is 6.61 Å². The van der Waals surface area contributed by atoms with Crippen LogP contribution in [0.25, 0.3) is 0 Å². The second-order valence-corrected chi connectivity index (χ2v) is 2.33. The summed E-state index contributed by atoms with van der Waals surface area (Å²) in [4.78, 5) is 0. The highest BCUT2D eigenvalue weighted by atomic mass is 16.7. The quantitative estimate of drug-likeness (QED) is 0.589. The number of nitrogens with two attached hydrogens (primary N) is 1. The Kier molecular flexibility index (Phi) is 2.86. The van der Waals surface area contributed by atoms with E-state index < -0.39 is 6.41 Å². The van der Waals surface area contributed by atoms with Gasteiger partial charge in [0.05, 0.1) is 12.7 Å². The molecule has 1 fully saturated rings. The minimum absolute atomic E-state index is 0.174. The summed E-state index contributed by atoms with van der Waals surface area (Å²) in [5.74, 6) is 0. The number of ether oxygens (including phenoxy) is 2. The molecule has 1 aliphatic heterocycles. The van der Waals surface area contributed by atoms with Crippen LogP contribution in [0.4, 0.5) is 0 Å². The Bertz CT molecular complexity index is 116. The van der Waals surface area contributed by atoms with Gasteiger partial charge in [0, 0.05) is 0 Å². The molecule has 2 N–H and O–H groups in total. The summed E-state index contributed by atoms with van der Waals surface area (Å²) in [6, 6.07) is 0. The van der Waals surface area contributed by atoms with E-state index in [-0.39, 0.29) is 6.10 Å². The summed E-state index contributed by atoms with van der Waals surface area (Å²) in [5.41, 5.74) is 5.33. The summed E-state index contributed by atoms with van der Waals surface area (Å²) < 4.78 is 10.2. The first-order chi connectivity index (χ1) is 4.83. The van der Waals surface area contributed by atoms with E-state index in [9.17, 15) is 0 Å². The molecule has 3 heteroatoms. The van der Waals surface area contributed by atoms with E-state index in [1.54, 1.807) is 0 Å². The number of allylic oxidation sites excluding steroid dienone is 1. The molecule has 0 amide bonds. The van der Waals surface area contributed by atoms with Gasteiger partial charge in [0.15, 0.2) is 0 Å². The van der Waals surface area contributed by atoms with Gasteiger partial charge >= 0.3 is 0 Å². The molecule has 0 bridgehead atoms. The predicted octanol–water partition coefficient (Wildman–Crippen LogP) is 0.610. The molecule has 1 heterocycles. The van der Waals surface area contributed by atoms with Crippen LogP contribution in [-0.4, -0.2) is 19.1 Å². The molecule has 0 aromatic carbocycles. The van der Waals surface area contributed by atoms with Crippen molar-refractivity contribution in [2.24, 2.45) is 5.73 Å². The lowest BCUT2D eigenvalue weighted by atomic mass is 10.2. The summed E-state index contributed by atoms with van der Waals surface area (Å²) in [6.07, 6.45) is 3.45. The number of hydrogen-bond acceptors (Lipinski definition) is 3. The molecule has 0 aromatic rings. The summed E-state index contributed by atoms with van der Waals surface area (Å²) in [7, 11) is 0. The number of rotatable bonds is 3. The van der Waals surface area contributed by atoms with Crippen molar-refractivity contribution in [1.82, 2.24) is 0 Å². The van der Waals surface area contributed by atoms with Gasteiger partial charge in [-0.15, -0.1) is 6.58 Å². The van der Waals surface area contributed by atoms with Gasteiger partial charge in [0.2, 0.25) is 6.41 Å². The maximum Gasteiger partial charge on any atom is 0.213 e. The van der Waals surface area contributed by atoms with E-state index in [0.29, 0.717) is 6.61 Å². The molecular formula is C7H13NO2. The van der Waals surface area contributed by atoms with Gasteiger partial charge in [-0.3, -0.25) is 5.73 Å². The van der Waals surface area contributed by atoms with Crippen molar-refractivity contribution in [2.45, 2.75) is 25.4 Å². The van der Waals surface area contributed by atoms with Gasteiger partial charge in [-0.25, -0.2) is 0 Å². The Labute approximate surface area is 60.8 Å². The van der Waals surface area contributed by atoms with E-state index in [2.05, 4.69) is 6.58 Å². The minimum Gasteiger partial charge on any atom is -0.337 e. The molecule has 0 aliphatic carbocycles. The van der Waals surface area contributed by atoms with Gasteiger partial charge in [0.1, 0.15) is 0 Å². The minimum atomic E-state index is -0.505. The third kappa shape index (κ3) is 2.10. The van der Waals surface area contributed by atoms with Crippen LogP contribution >= 0.6 is 0 Å². The van der Waals surface area contributed by atoms with Crippen molar-refractivity contribution in [3.05, 3.63) is 12.7 Å². The Morgan fingerprint density at radius 2 is 2.50 bits per heavy atom. The normalized spacial score (nSPS) is 32.5. The lowest BCUT2D eigenvalue weighted by Gasteiger charge is -2.04. The molecule has 1 saturated heterocycles. The molecule has 2 unspecified atom stereocenters. The monoisotopic (exact) mass is 143 g/mol. The number of hydrogen-bond donors (Lipinski definition) is 1. The standard InChI is InChI=1S/C7H13NO2/c1-2-3-4-6-5-9-7(8)10-6/h2,6-7H,1,3-5,8H2. The van der Waals surface area contributed by atoms with Crippen molar-refractivity contribution in [3.63, 3.8) is 0 Å². The van der Waals surface area contributed by atoms with Gasteiger partial charge in [-0.05, 0) is 12.8 Å². The highest BCUT2D eigenvalue weighted by Gasteiger charge is 2.21. The Balaban J connectivity index is 2.12. The van der Waals surface area contributed by atoms with E-state index in [1.165, 1.54) is 0 Å². The lowest BCUT2D eigenvalue weighted by molar-refractivity contribution is -0.0524. The van der Waals surface area contributed by atoms with Crippen LogP contribution in [0.2, 0.25) is 0 Å². The van der Waals surface area contributed by atoms with Crippen molar-refractivity contribution >= 4 is 0 Å². The van der Waals surface area contributed by atoms with Crippen LogP contribution in [0.15, 0.2) is 12.7 Å². The molecule has 10 heavy (non-hydrogen) atoms. The van der Waals surface area contributed by atoms with Crippen LogP contribution in [0.1, 0.15) is 12.8 Å². The third-order valence-corrected chi connectivity index (χ3v) is 1.47. The van der Waals surface area contributed by atoms with Crippen LogP contribution in [-0.2, 0) is 9.47 Å². The largest absolute Gasteiger partial charge is 0.337 e. The van der Waals surface area contributed by atoms with E-state index in [0.717, 1.165) is 12.8 Å². The molecule has 0 saturated carbocycles. The molecule has 1 aliphatic rings. The van der Waals surface area contributed by atoms with E-state index in [4.69, 9.17) is 15.2 Å². The first-order valence-electron chi connectivity index (χ1n) is 3.46. The molecule has 3 nitrogen and oxygen atoms in total. The van der Waals surface area contributed by atoms with Gasteiger partial charge in [-0.2, -0.15) is 0 Å². The van der Waals surface area contributed by atoms with Gasteiger partial charge in [-0.1, -0.05) is 6.08 Å². The summed E-state index contributed by atoms with van der Waals surface area (Å²) in [6.45, 7) is 4.23. The zero-order chi connectivity index (χ0) is 7.40.